The first-order valence-electron chi connectivity index (χ1n) is 7.57. The molecule has 23 heavy (non-hydrogen) atoms. The second-order valence-corrected chi connectivity index (χ2v) is 6.49. The first-order valence-corrected chi connectivity index (χ1v) is 8.80. The fraction of sp³-hybridized carbons (Fsp3) is 0.353. The predicted molar refractivity (Wildman–Crippen MR) is 87.8 cm³/mol. The highest BCUT2D eigenvalue weighted by Gasteiger charge is 2.37. The third kappa shape index (κ3) is 3.37. The molecule has 1 heterocycles. The summed E-state index contributed by atoms with van der Waals surface area (Å²) < 4.78 is 13.6. The van der Waals surface area contributed by atoms with Crippen molar-refractivity contribution in [1.29, 1.82) is 0 Å². The van der Waals surface area contributed by atoms with Gasteiger partial charge in [0.15, 0.2) is 5.16 Å². The van der Waals surface area contributed by atoms with Crippen molar-refractivity contribution >= 4 is 17.7 Å². The quantitative estimate of drug-likeness (QED) is 0.688. The number of carbonyl (C=O) groups excluding carboxylic acids is 1. The van der Waals surface area contributed by atoms with Gasteiger partial charge in [0.1, 0.15) is 5.82 Å². The highest BCUT2D eigenvalue weighted by atomic mass is 32.2. The monoisotopic (exact) mass is 331 g/mol. The standard InChI is InChI=1S/C17H18FN3OS/c1-23-16-19-10-12(11-20-16)15(22)21-17(7-2-3-8-17)13-5-4-6-14(18)9-13/h4-6,9-11H,2-3,7-8H2,1H3,(H,21,22). The Morgan fingerprint density at radius 3 is 2.57 bits per heavy atom. The van der Waals surface area contributed by atoms with Gasteiger partial charge in [0.25, 0.3) is 5.91 Å². The molecule has 0 saturated heterocycles. The van der Waals surface area contributed by atoms with E-state index >= 15 is 0 Å². The van der Waals surface area contributed by atoms with E-state index in [2.05, 4.69) is 15.3 Å². The molecular formula is C17H18FN3OS. The minimum atomic E-state index is -0.503. The van der Waals surface area contributed by atoms with Crippen molar-refractivity contribution < 1.29 is 9.18 Å². The van der Waals surface area contributed by atoms with Gasteiger partial charge in [0, 0.05) is 12.4 Å². The van der Waals surface area contributed by atoms with Crippen LogP contribution < -0.4 is 5.32 Å². The molecule has 1 aromatic heterocycles. The Bertz CT molecular complexity index is 699. The molecule has 0 aliphatic heterocycles. The van der Waals surface area contributed by atoms with Crippen LogP contribution in [0, 0.1) is 5.82 Å². The highest BCUT2D eigenvalue weighted by Crippen LogP contribution is 2.39. The molecule has 0 atom stereocenters. The van der Waals surface area contributed by atoms with Gasteiger partial charge >= 0.3 is 0 Å². The van der Waals surface area contributed by atoms with Crippen molar-refractivity contribution in [3.63, 3.8) is 0 Å². The zero-order valence-electron chi connectivity index (χ0n) is 12.9. The molecule has 0 spiro atoms. The van der Waals surface area contributed by atoms with Crippen LogP contribution in [-0.4, -0.2) is 22.1 Å². The molecule has 1 saturated carbocycles. The Balaban J connectivity index is 1.85. The van der Waals surface area contributed by atoms with Gasteiger partial charge in [-0.2, -0.15) is 0 Å². The van der Waals surface area contributed by atoms with E-state index in [1.54, 1.807) is 6.07 Å². The van der Waals surface area contributed by atoms with Gasteiger partial charge in [-0.05, 0) is 36.8 Å². The minimum absolute atomic E-state index is 0.219. The fourth-order valence-electron chi connectivity index (χ4n) is 3.08. The second-order valence-electron chi connectivity index (χ2n) is 5.71. The number of hydrogen-bond acceptors (Lipinski definition) is 4. The Kier molecular flexibility index (Phi) is 4.61. The zero-order valence-corrected chi connectivity index (χ0v) is 13.7. The van der Waals surface area contributed by atoms with Crippen molar-refractivity contribution in [2.75, 3.05) is 6.26 Å². The molecule has 3 rings (SSSR count). The average molecular weight is 331 g/mol. The molecule has 1 aliphatic rings. The SMILES string of the molecule is CSc1ncc(C(=O)NC2(c3cccc(F)c3)CCCC2)cn1. The second kappa shape index (κ2) is 6.66. The summed E-state index contributed by atoms with van der Waals surface area (Å²) in [5.74, 6) is -0.500. The summed E-state index contributed by atoms with van der Waals surface area (Å²) in [6.07, 6.45) is 8.59. The van der Waals surface area contributed by atoms with Crippen molar-refractivity contribution in [2.45, 2.75) is 36.4 Å². The van der Waals surface area contributed by atoms with E-state index in [0.717, 1.165) is 31.2 Å². The number of nitrogens with zero attached hydrogens (tertiary/aromatic N) is 2. The number of amides is 1. The summed E-state index contributed by atoms with van der Waals surface area (Å²) in [6, 6.07) is 6.50. The van der Waals surface area contributed by atoms with E-state index in [1.807, 2.05) is 12.3 Å². The number of carbonyl (C=O) groups is 1. The lowest BCUT2D eigenvalue weighted by Gasteiger charge is -2.31. The molecule has 1 aliphatic carbocycles. The van der Waals surface area contributed by atoms with Gasteiger partial charge in [0.2, 0.25) is 0 Å². The number of aromatic nitrogens is 2. The third-order valence-corrected chi connectivity index (χ3v) is 4.84. The minimum Gasteiger partial charge on any atom is -0.342 e. The van der Waals surface area contributed by atoms with E-state index in [0.29, 0.717) is 10.7 Å². The maximum Gasteiger partial charge on any atom is 0.255 e. The normalized spacial score (nSPS) is 16.3. The fourth-order valence-corrected chi connectivity index (χ4v) is 3.40. The zero-order chi connectivity index (χ0) is 16.3. The van der Waals surface area contributed by atoms with Crippen LogP contribution in [0.5, 0.6) is 0 Å². The number of benzene rings is 1. The van der Waals surface area contributed by atoms with Crippen molar-refractivity contribution in [2.24, 2.45) is 0 Å². The van der Waals surface area contributed by atoms with Crippen molar-refractivity contribution in [3.8, 4) is 0 Å². The Morgan fingerprint density at radius 1 is 1.26 bits per heavy atom. The molecule has 1 N–H and O–H groups in total. The lowest BCUT2D eigenvalue weighted by atomic mass is 9.87. The van der Waals surface area contributed by atoms with Crippen LogP contribution in [0.1, 0.15) is 41.6 Å². The summed E-state index contributed by atoms with van der Waals surface area (Å²) in [7, 11) is 0. The summed E-state index contributed by atoms with van der Waals surface area (Å²) >= 11 is 1.42. The molecular weight excluding hydrogens is 313 g/mol. The molecule has 2 aromatic rings. The first-order chi connectivity index (χ1) is 11.1. The van der Waals surface area contributed by atoms with Gasteiger partial charge in [-0.25, -0.2) is 14.4 Å². The van der Waals surface area contributed by atoms with Gasteiger partial charge in [-0.1, -0.05) is 36.7 Å². The highest BCUT2D eigenvalue weighted by molar-refractivity contribution is 7.98. The van der Waals surface area contributed by atoms with Crippen molar-refractivity contribution in [3.05, 3.63) is 53.6 Å². The molecule has 1 aromatic carbocycles. The molecule has 1 amide bonds. The van der Waals surface area contributed by atoms with E-state index in [-0.39, 0.29) is 11.7 Å². The van der Waals surface area contributed by atoms with Crippen LogP contribution in [0.15, 0.2) is 41.8 Å². The van der Waals surface area contributed by atoms with Crippen LogP contribution in [0.4, 0.5) is 4.39 Å². The number of thioether (sulfide) groups is 1. The van der Waals surface area contributed by atoms with Gasteiger partial charge in [0.05, 0.1) is 11.1 Å². The number of hydrogen-bond donors (Lipinski definition) is 1. The lowest BCUT2D eigenvalue weighted by Crippen LogP contribution is -2.44. The van der Waals surface area contributed by atoms with Crippen LogP contribution in [0.25, 0.3) is 0 Å². The number of halogens is 1. The molecule has 0 unspecified atom stereocenters. The molecule has 1 fully saturated rings. The third-order valence-electron chi connectivity index (χ3n) is 4.26. The van der Waals surface area contributed by atoms with Crippen LogP contribution >= 0.6 is 11.8 Å². The largest absolute Gasteiger partial charge is 0.342 e. The molecule has 4 nitrogen and oxygen atoms in total. The number of nitrogens with one attached hydrogen (secondary N) is 1. The smallest absolute Gasteiger partial charge is 0.255 e. The molecule has 0 radical (unpaired) electrons. The van der Waals surface area contributed by atoms with Gasteiger partial charge < -0.3 is 5.32 Å². The summed E-state index contributed by atoms with van der Waals surface area (Å²) in [5, 5.41) is 3.72. The van der Waals surface area contributed by atoms with E-state index in [9.17, 15) is 9.18 Å². The van der Waals surface area contributed by atoms with Crippen LogP contribution in [-0.2, 0) is 5.54 Å². The molecule has 6 heteroatoms. The maximum absolute atomic E-state index is 13.6. The molecule has 0 bridgehead atoms. The summed E-state index contributed by atoms with van der Waals surface area (Å²) in [6.45, 7) is 0. The molecule has 120 valence electrons. The summed E-state index contributed by atoms with van der Waals surface area (Å²) in [5.41, 5.74) is 0.743. The topological polar surface area (TPSA) is 54.9 Å². The van der Waals surface area contributed by atoms with Gasteiger partial charge in [-0.15, -0.1) is 0 Å². The van der Waals surface area contributed by atoms with Crippen LogP contribution in [0.2, 0.25) is 0 Å². The van der Waals surface area contributed by atoms with Crippen LogP contribution in [0.3, 0.4) is 0 Å². The maximum atomic E-state index is 13.6. The Labute approximate surface area is 138 Å². The Hall–Kier alpha value is -1.95. The van der Waals surface area contributed by atoms with E-state index in [4.69, 9.17) is 0 Å². The van der Waals surface area contributed by atoms with Gasteiger partial charge in [-0.3, -0.25) is 4.79 Å². The van der Waals surface area contributed by atoms with Crippen molar-refractivity contribution in [1.82, 2.24) is 15.3 Å². The number of rotatable bonds is 4. The lowest BCUT2D eigenvalue weighted by molar-refractivity contribution is 0.0897. The average Bonchev–Trinajstić information content (AvgIpc) is 3.04. The Morgan fingerprint density at radius 2 is 1.96 bits per heavy atom. The van der Waals surface area contributed by atoms with E-state index < -0.39 is 5.54 Å². The predicted octanol–water partition coefficient (Wildman–Crippen LogP) is 3.54. The first kappa shape index (κ1) is 15.9. The van der Waals surface area contributed by atoms with E-state index in [1.165, 1.54) is 36.3 Å². The summed E-state index contributed by atoms with van der Waals surface area (Å²) in [4.78, 5) is 20.8.